The van der Waals surface area contributed by atoms with Crippen molar-refractivity contribution in [1.29, 1.82) is 0 Å². The lowest BCUT2D eigenvalue weighted by Gasteiger charge is -2.28. The number of rotatable bonds is 7. The highest BCUT2D eigenvalue weighted by molar-refractivity contribution is 6.09. The van der Waals surface area contributed by atoms with Crippen LogP contribution in [0.2, 0.25) is 0 Å². The van der Waals surface area contributed by atoms with Gasteiger partial charge in [0, 0.05) is 5.56 Å². The zero-order valence-corrected chi connectivity index (χ0v) is 17.5. The van der Waals surface area contributed by atoms with Crippen LogP contribution in [0.15, 0.2) is 24.3 Å². The van der Waals surface area contributed by atoms with Gasteiger partial charge in [0.2, 0.25) is 11.8 Å². The van der Waals surface area contributed by atoms with Crippen LogP contribution in [0.4, 0.5) is 0 Å². The predicted molar refractivity (Wildman–Crippen MR) is 107 cm³/mol. The number of hydrogen-bond donors (Lipinski definition) is 0. The Bertz CT molecular complexity index is 865. The maximum atomic E-state index is 13.1. The maximum Gasteiger partial charge on any atom is 0.330 e. The first-order valence-corrected chi connectivity index (χ1v) is 10.5. The summed E-state index contributed by atoms with van der Waals surface area (Å²) < 4.78 is 10.4. The first-order valence-electron chi connectivity index (χ1n) is 10.5. The summed E-state index contributed by atoms with van der Waals surface area (Å²) in [5.41, 5.74) is 0.364. The van der Waals surface area contributed by atoms with Gasteiger partial charge in [-0.2, -0.15) is 0 Å². The summed E-state index contributed by atoms with van der Waals surface area (Å²) in [6.45, 7) is 3.10. The molecule has 1 aromatic carbocycles. The van der Waals surface area contributed by atoms with Gasteiger partial charge in [-0.25, -0.2) is 4.79 Å². The number of likely N-dealkylation sites (tertiary alicyclic amines) is 1. The molecule has 1 saturated heterocycles. The van der Waals surface area contributed by atoms with Crippen LogP contribution in [0.3, 0.4) is 0 Å². The van der Waals surface area contributed by atoms with Crippen molar-refractivity contribution in [1.82, 2.24) is 4.90 Å². The highest BCUT2D eigenvalue weighted by Crippen LogP contribution is 2.56. The van der Waals surface area contributed by atoms with Gasteiger partial charge in [0.25, 0.3) is 0 Å². The van der Waals surface area contributed by atoms with Gasteiger partial charge in [0.1, 0.15) is 11.8 Å². The van der Waals surface area contributed by atoms with Crippen LogP contribution in [-0.4, -0.2) is 48.2 Å². The summed E-state index contributed by atoms with van der Waals surface area (Å²) in [5.74, 6) is -1.43. The second-order valence-corrected chi connectivity index (χ2v) is 8.88. The van der Waals surface area contributed by atoms with E-state index < -0.39 is 18.6 Å². The van der Waals surface area contributed by atoms with Gasteiger partial charge in [-0.15, -0.1) is 0 Å². The molecule has 0 radical (unpaired) electrons. The second-order valence-electron chi connectivity index (χ2n) is 8.88. The number of ether oxygens (including phenoxy) is 2. The van der Waals surface area contributed by atoms with Crippen molar-refractivity contribution >= 4 is 23.6 Å². The molecule has 160 valence electrons. The van der Waals surface area contributed by atoms with Crippen LogP contribution < -0.4 is 4.74 Å². The number of benzene rings is 1. The van der Waals surface area contributed by atoms with E-state index in [0.717, 1.165) is 24.2 Å². The van der Waals surface area contributed by atoms with E-state index in [9.17, 15) is 19.2 Å². The molecule has 3 fully saturated rings. The van der Waals surface area contributed by atoms with Gasteiger partial charge >= 0.3 is 5.97 Å². The Kier molecular flexibility index (Phi) is 5.38. The summed E-state index contributed by atoms with van der Waals surface area (Å²) in [6, 6.07) is 5.57. The van der Waals surface area contributed by atoms with Crippen LogP contribution in [0.1, 0.15) is 43.5 Å². The molecule has 0 aromatic heterocycles. The number of fused-ring (bicyclic) bond motifs is 5. The number of esters is 1. The first-order chi connectivity index (χ1) is 14.3. The molecule has 2 amide bonds. The van der Waals surface area contributed by atoms with E-state index in [-0.39, 0.29) is 47.2 Å². The average Bonchev–Trinajstić information content (AvgIpc) is 3.42. The molecule has 2 aliphatic carbocycles. The van der Waals surface area contributed by atoms with Crippen LogP contribution in [0.5, 0.6) is 5.75 Å². The number of amides is 2. The summed E-state index contributed by atoms with van der Waals surface area (Å²) >= 11 is 0. The minimum Gasteiger partial charge on any atom is -0.497 e. The van der Waals surface area contributed by atoms with Crippen LogP contribution in [0.25, 0.3) is 0 Å². The molecule has 1 heterocycles. The molecule has 2 bridgehead atoms. The third-order valence-corrected chi connectivity index (χ3v) is 6.85. The molecule has 7 nitrogen and oxygen atoms in total. The van der Waals surface area contributed by atoms with Gasteiger partial charge in [0.15, 0.2) is 12.4 Å². The second kappa shape index (κ2) is 7.85. The van der Waals surface area contributed by atoms with Crippen molar-refractivity contribution in [3.8, 4) is 5.75 Å². The van der Waals surface area contributed by atoms with Crippen LogP contribution >= 0.6 is 0 Å². The van der Waals surface area contributed by atoms with Crippen molar-refractivity contribution in [2.75, 3.05) is 13.7 Å². The van der Waals surface area contributed by atoms with Crippen molar-refractivity contribution in [2.24, 2.45) is 29.6 Å². The molecule has 0 unspecified atom stereocenters. The molecular formula is C23H27NO6. The molecule has 1 aliphatic heterocycles. The van der Waals surface area contributed by atoms with Crippen LogP contribution in [-0.2, 0) is 19.1 Å². The van der Waals surface area contributed by atoms with Gasteiger partial charge in [-0.1, -0.05) is 26.0 Å². The van der Waals surface area contributed by atoms with Crippen molar-refractivity contribution in [2.45, 2.75) is 39.2 Å². The van der Waals surface area contributed by atoms with Gasteiger partial charge in [-0.05, 0) is 49.1 Å². The molecule has 1 aromatic rings. The van der Waals surface area contributed by atoms with E-state index in [1.54, 1.807) is 38.1 Å². The SMILES string of the molecule is COc1cccc(C(=O)COC(=O)[C@H](C(C)C)N2C(=O)[C@@H]3[C@H]4CC[C@@H](C4)[C@H]3C2=O)c1. The maximum absolute atomic E-state index is 13.1. The summed E-state index contributed by atoms with van der Waals surface area (Å²) in [6.07, 6.45) is 2.89. The van der Waals surface area contributed by atoms with Crippen molar-refractivity contribution in [3.05, 3.63) is 29.8 Å². The largest absolute Gasteiger partial charge is 0.497 e. The van der Waals surface area contributed by atoms with Crippen LogP contribution in [0, 0.1) is 29.6 Å². The monoisotopic (exact) mass is 413 g/mol. The average molecular weight is 413 g/mol. The quantitative estimate of drug-likeness (QED) is 0.388. The Morgan fingerprint density at radius 3 is 2.30 bits per heavy atom. The highest BCUT2D eigenvalue weighted by atomic mass is 16.5. The van der Waals surface area contributed by atoms with E-state index in [1.165, 1.54) is 7.11 Å². The lowest BCUT2D eigenvalue weighted by Crippen LogP contribution is -2.50. The van der Waals surface area contributed by atoms with E-state index in [1.807, 2.05) is 0 Å². The molecule has 2 saturated carbocycles. The highest BCUT2D eigenvalue weighted by Gasteiger charge is 2.62. The van der Waals surface area contributed by atoms with Gasteiger partial charge in [0.05, 0.1) is 18.9 Å². The number of Topliss-reactive ketones (excluding diaryl/α,β-unsaturated/α-hetero) is 1. The number of carbonyl (C=O) groups excluding carboxylic acids is 4. The third-order valence-electron chi connectivity index (χ3n) is 6.85. The minimum atomic E-state index is -1.01. The lowest BCUT2D eigenvalue weighted by molar-refractivity contribution is -0.160. The van der Waals surface area contributed by atoms with Crippen molar-refractivity contribution in [3.63, 3.8) is 0 Å². The Balaban J connectivity index is 1.47. The molecule has 0 N–H and O–H groups in total. The van der Waals surface area contributed by atoms with Gasteiger partial charge < -0.3 is 9.47 Å². The number of imide groups is 1. The van der Waals surface area contributed by atoms with E-state index in [2.05, 4.69) is 0 Å². The zero-order chi connectivity index (χ0) is 21.6. The lowest BCUT2D eigenvalue weighted by atomic mass is 9.81. The Labute approximate surface area is 175 Å². The summed E-state index contributed by atoms with van der Waals surface area (Å²) in [4.78, 5) is 52.6. The fourth-order valence-corrected chi connectivity index (χ4v) is 5.48. The topological polar surface area (TPSA) is 90.0 Å². The van der Waals surface area contributed by atoms with E-state index in [4.69, 9.17) is 9.47 Å². The van der Waals surface area contributed by atoms with E-state index >= 15 is 0 Å². The molecule has 4 rings (SSSR count). The van der Waals surface area contributed by atoms with Crippen molar-refractivity contribution < 1.29 is 28.7 Å². The molecule has 7 heteroatoms. The summed E-state index contributed by atoms with van der Waals surface area (Å²) in [7, 11) is 1.50. The summed E-state index contributed by atoms with van der Waals surface area (Å²) in [5, 5.41) is 0. The van der Waals surface area contributed by atoms with Gasteiger partial charge in [-0.3, -0.25) is 19.3 Å². The molecule has 3 aliphatic rings. The predicted octanol–water partition coefficient (Wildman–Crippen LogP) is 2.48. The third kappa shape index (κ3) is 3.30. The normalized spacial score (nSPS) is 28.1. The fourth-order valence-electron chi connectivity index (χ4n) is 5.48. The molecule has 0 spiro atoms. The fraction of sp³-hybridized carbons (Fsp3) is 0.565. The first kappa shape index (κ1) is 20.6. The molecule has 30 heavy (non-hydrogen) atoms. The standard InChI is InChI=1S/C23H27NO6/c1-12(2)20(23(28)30-11-17(25)13-5-4-6-16(10-13)29-3)24-21(26)18-14-7-8-15(9-14)19(18)22(24)27/h4-6,10,12,14-15,18-20H,7-9,11H2,1-3H3/t14-,15-,18+,19+,20-/m0/s1. The molecule has 5 atom stereocenters. The number of carbonyl (C=O) groups is 4. The minimum absolute atomic E-state index is 0.244. The number of nitrogens with zero attached hydrogens (tertiary/aromatic N) is 1. The van der Waals surface area contributed by atoms with E-state index in [0.29, 0.717) is 11.3 Å². The number of hydrogen-bond acceptors (Lipinski definition) is 6. The Morgan fingerprint density at radius 2 is 1.73 bits per heavy atom. The Morgan fingerprint density at radius 1 is 1.10 bits per heavy atom. The number of methoxy groups -OCH3 is 1. The smallest absolute Gasteiger partial charge is 0.330 e. The Hall–Kier alpha value is -2.70. The number of ketones is 1. The molecular weight excluding hydrogens is 386 g/mol. The zero-order valence-electron chi connectivity index (χ0n) is 17.5.